The third kappa shape index (κ3) is 3.36. The van der Waals surface area contributed by atoms with E-state index in [0.717, 1.165) is 19.3 Å². The fourth-order valence-corrected chi connectivity index (χ4v) is 3.98. The van der Waals surface area contributed by atoms with Gasteiger partial charge in [0.05, 0.1) is 24.4 Å². The summed E-state index contributed by atoms with van der Waals surface area (Å²) in [5.74, 6) is -0.191. The molecule has 1 aliphatic carbocycles. The van der Waals surface area contributed by atoms with Gasteiger partial charge in [0.2, 0.25) is 0 Å². The van der Waals surface area contributed by atoms with Crippen LogP contribution in [0.4, 0.5) is 4.39 Å². The Kier molecular flexibility index (Phi) is 4.84. The standard InChI is InChI=1S/C19H27FO2/c1-2-18(12-13-19(22-18)10-6-3-7-11-19)15-21-14-16-8-4-5-9-17(16)20/h4-5,8-9H,2-3,6-7,10-15H2,1H3. The van der Waals surface area contributed by atoms with Gasteiger partial charge in [0, 0.05) is 5.56 Å². The van der Waals surface area contributed by atoms with E-state index < -0.39 is 0 Å². The van der Waals surface area contributed by atoms with Gasteiger partial charge in [-0.25, -0.2) is 4.39 Å². The van der Waals surface area contributed by atoms with Crippen molar-refractivity contribution in [1.82, 2.24) is 0 Å². The molecule has 1 unspecified atom stereocenters. The number of hydrogen-bond donors (Lipinski definition) is 0. The highest BCUT2D eigenvalue weighted by atomic mass is 19.1. The Morgan fingerprint density at radius 3 is 2.59 bits per heavy atom. The lowest BCUT2D eigenvalue weighted by atomic mass is 9.82. The van der Waals surface area contributed by atoms with E-state index in [1.165, 1.54) is 38.2 Å². The van der Waals surface area contributed by atoms with Gasteiger partial charge < -0.3 is 9.47 Å². The minimum absolute atomic E-state index is 0.107. The van der Waals surface area contributed by atoms with Crippen LogP contribution in [0.3, 0.4) is 0 Å². The maximum absolute atomic E-state index is 13.6. The smallest absolute Gasteiger partial charge is 0.128 e. The highest BCUT2D eigenvalue weighted by Crippen LogP contribution is 2.47. The summed E-state index contributed by atoms with van der Waals surface area (Å²) >= 11 is 0. The predicted molar refractivity (Wildman–Crippen MR) is 85.2 cm³/mol. The first-order valence-corrected chi connectivity index (χ1v) is 8.68. The number of halogens is 1. The summed E-state index contributed by atoms with van der Waals surface area (Å²) in [5, 5.41) is 0. The fraction of sp³-hybridized carbons (Fsp3) is 0.684. The van der Waals surface area contributed by atoms with Crippen molar-refractivity contribution in [2.45, 2.75) is 76.1 Å². The molecule has 1 atom stereocenters. The van der Waals surface area contributed by atoms with E-state index in [2.05, 4.69) is 6.92 Å². The van der Waals surface area contributed by atoms with Crippen molar-refractivity contribution in [2.75, 3.05) is 6.61 Å². The molecule has 0 aromatic heterocycles. The topological polar surface area (TPSA) is 18.5 Å². The maximum Gasteiger partial charge on any atom is 0.128 e. The van der Waals surface area contributed by atoms with Gasteiger partial charge in [0.25, 0.3) is 0 Å². The van der Waals surface area contributed by atoms with Crippen molar-refractivity contribution in [1.29, 1.82) is 0 Å². The Hall–Kier alpha value is -0.930. The molecule has 1 aliphatic heterocycles. The zero-order chi connectivity index (χ0) is 15.5. The van der Waals surface area contributed by atoms with Gasteiger partial charge in [-0.05, 0) is 38.2 Å². The van der Waals surface area contributed by atoms with Gasteiger partial charge in [-0.1, -0.05) is 44.4 Å². The molecule has 1 saturated carbocycles. The quantitative estimate of drug-likeness (QED) is 0.761. The number of benzene rings is 1. The van der Waals surface area contributed by atoms with Crippen LogP contribution in [0.15, 0.2) is 24.3 Å². The van der Waals surface area contributed by atoms with Crippen LogP contribution in [0.1, 0.15) is 63.9 Å². The van der Waals surface area contributed by atoms with Crippen LogP contribution in [0.5, 0.6) is 0 Å². The molecule has 1 aromatic carbocycles. The fourth-order valence-electron chi connectivity index (χ4n) is 3.98. The lowest BCUT2D eigenvalue weighted by Crippen LogP contribution is -2.39. The Morgan fingerprint density at radius 2 is 1.86 bits per heavy atom. The van der Waals surface area contributed by atoms with E-state index in [-0.39, 0.29) is 17.0 Å². The van der Waals surface area contributed by atoms with Gasteiger partial charge >= 0.3 is 0 Å². The van der Waals surface area contributed by atoms with E-state index >= 15 is 0 Å². The first-order chi connectivity index (χ1) is 10.7. The molecule has 3 heteroatoms. The van der Waals surface area contributed by atoms with Gasteiger partial charge in [0.1, 0.15) is 5.82 Å². The molecule has 22 heavy (non-hydrogen) atoms. The van der Waals surface area contributed by atoms with Crippen molar-refractivity contribution in [3.05, 3.63) is 35.6 Å². The molecule has 0 amide bonds. The predicted octanol–water partition coefficient (Wildman–Crippen LogP) is 5.00. The molecule has 122 valence electrons. The molecule has 0 bridgehead atoms. The van der Waals surface area contributed by atoms with E-state index in [4.69, 9.17) is 9.47 Å². The van der Waals surface area contributed by atoms with Crippen LogP contribution in [-0.2, 0) is 16.1 Å². The minimum Gasteiger partial charge on any atom is -0.374 e. The van der Waals surface area contributed by atoms with Gasteiger partial charge in [-0.2, -0.15) is 0 Å². The number of ether oxygens (including phenoxy) is 2. The first-order valence-electron chi connectivity index (χ1n) is 8.68. The van der Waals surface area contributed by atoms with Crippen LogP contribution < -0.4 is 0 Å². The summed E-state index contributed by atoms with van der Waals surface area (Å²) < 4.78 is 26.1. The molecule has 0 N–H and O–H groups in total. The first kappa shape index (κ1) is 15.9. The Labute approximate surface area is 133 Å². The Bertz CT molecular complexity index is 496. The zero-order valence-electron chi connectivity index (χ0n) is 13.6. The van der Waals surface area contributed by atoms with E-state index in [1.54, 1.807) is 12.1 Å². The summed E-state index contributed by atoms with van der Waals surface area (Å²) in [6.45, 7) is 3.07. The molecular formula is C19H27FO2. The zero-order valence-corrected chi connectivity index (χ0v) is 13.6. The number of rotatable bonds is 5. The largest absolute Gasteiger partial charge is 0.374 e. The summed E-state index contributed by atoms with van der Waals surface area (Å²) in [5.41, 5.74) is 0.567. The second kappa shape index (κ2) is 6.67. The number of hydrogen-bond acceptors (Lipinski definition) is 2. The Morgan fingerprint density at radius 1 is 1.09 bits per heavy atom. The highest BCUT2D eigenvalue weighted by Gasteiger charge is 2.48. The van der Waals surface area contributed by atoms with E-state index in [9.17, 15) is 4.39 Å². The second-order valence-electron chi connectivity index (χ2n) is 6.97. The molecule has 2 aliphatic rings. The van der Waals surface area contributed by atoms with Gasteiger partial charge in [-0.3, -0.25) is 0 Å². The van der Waals surface area contributed by atoms with Crippen molar-refractivity contribution in [2.24, 2.45) is 0 Å². The average molecular weight is 306 g/mol. The van der Waals surface area contributed by atoms with Crippen LogP contribution in [-0.4, -0.2) is 17.8 Å². The third-order valence-corrected chi connectivity index (χ3v) is 5.46. The molecule has 2 nitrogen and oxygen atoms in total. The lowest BCUT2D eigenvalue weighted by molar-refractivity contribution is -0.150. The average Bonchev–Trinajstić information content (AvgIpc) is 2.89. The summed E-state index contributed by atoms with van der Waals surface area (Å²) in [6, 6.07) is 6.82. The maximum atomic E-state index is 13.6. The molecule has 1 saturated heterocycles. The molecule has 1 aromatic rings. The third-order valence-electron chi connectivity index (χ3n) is 5.46. The normalized spacial score (nSPS) is 27.4. The van der Waals surface area contributed by atoms with Crippen LogP contribution in [0.2, 0.25) is 0 Å². The Balaban J connectivity index is 1.57. The van der Waals surface area contributed by atoms with E-state index in [1.807, 2.05) is 6.07 Å². The van der Waals surface area contributed by atoms with Gasteiger partial charge in [0.15, 0.2) is 0 Å². The van der Waals surface area contributed by atoms with Crippen molar-refractivity contribution >= 4 is 0 Å². The van der Waals surface area contributed by atoms with Crippen LogP contribution in [0, 0.1) is 5.82 Å². The van der Waals surface area contributed by atoms with Crippen LogP contribution in [0.25, 0.3) is 0 Å². The summed E-state index contributed by atoms with van der Waals surface area (Å²) in [4.78, 5) is 0. The SMILES string of the molecule is CCC1(COCc2ccccc2F)CCC2(CCCCC2)O1. The summed E-state index contributed by atoms with van der Waals surface area (Å²) in [7, 11) is 0. The molecular weight excluding hydrogens is 279 g/mol. The molecule has 1 heterocycles. The van der Waals surface area contributed by atoms with Crippen molar-refractivity contribution < 1.29 is 13.9 Å². The van der Waals surface area contributed by atoms with Crippen molar-refractivity contribution in [3.8, 4) is 0 Å². The van der Waals surface area contributed by atoms with Crippen molar-refractivity contribution in [3.63, 3.8) is 0 Å². The minimum atomic E-state index is -0.191. The molecule has 0 radical (unpaired) electrons. The lowest BCUT2D eigenvalue weighted by Gasteiger charge is -2.37. The second-order valence-corrected chi connectivity index (χ2v) is 6.97. The molecule has 1 spiro atoms. The van der Waals surface area contributed by atoms with Gasteiger partial charge in [-0.15, -0.1) is 0 Å². The highest BCUT2D eigenvalue weighted by molar-refractivity contribution is 5.16. The molecule has 2 fully saturated rings. The molecule has 3 rings (SSSR count). The van der Waals surface area contributed by atoms with Crippen LogP contribution >= 0.6 is 0 Å². The monoisotopic (exact) mass is 306 g/mol. The summed E-state index contributed by atoms with van der Waals surface area (Å²) in [6.07, 6.45) is 9.50. The van der Waals surface area contributed by atoms with E-state index in [0.29, 0.717) is 18.8 Å².